The summed E-state index contributed by atoms with van der Waals surface area (Å²) in [6, 6.07) is 11.2. The van der Waals surface area contributed by atoms with Gasteiger partial charge in [-0.15, -0.1) is 0 Å². The summed E-state index contributed by atoms with van der Waals surface area (Å²) in [6.45, 7) is 0.901. The summed E-state index contributed by atoms with van der Waals surface area (Å²) < 4.78 is 13.5. The fraction of sp³-hybridized carbons (Fsp3) is 0.188. The van der Waals surface area contributed by atoms with Crippen LogP contribution in [0.5, 0.6) is 5.75 Å². The molecule has 0 spiro atoms. The molecule has 2 aromatic carbocycles. The van der Waals surface area contributed by atoms with Crippen LogP contribution < -0.4 is 11.1 Å². The molecule has 0 saturated carbocycles. The zero-order valence-corrected chi connectivity index (χ0v) is 11.5. The number of hydrogen-bond acceptors (Lipinski definition) is 3. The summed E-state index contributed by atoms with van der Waals surface area (Å²) in [5.41, 5.74) is 7.44. The molecular weight excluding hydrogens is 271 g/mol. The van der Waals surface area contributed by atoms with Crippen LogP contribution in [-0.4, -0.2) is 17.6 Å². The molecule has 0 aliphatic heterocycles. The Kier molecular flexibility index (Phi) is 4.90. The molecule has 0 fully saturated rings. The average Bonchev–Trinajstić information content (AvgIpc) is 2.46. The fourth-order valence-electron chi connectivity index (χ4n) is 1.96. The Labute approximate surface area is 122 Å². The number of phenolic OH excluding ortho intramolecular Hbond substituents is 1. The van der Waals surface area contributed by atoms with Crippen molar-refractivity contribution in [1.29, 1.82) is 0 Å². The maximum Gasteiger partial charge on any atom is 0.254 e. The molecule has 1 amide bonds. The van der Waals surface area contributed by atoms with E-state index >= 15 is 0 Å². The third kappa shape index (κ3) is 4.03. The van der Waals surface area contributed by atoms with E-state index in [1.165, 1.54) is 12.1 Å². The van der Waals surface area contributed by atoms with E-state index < -0.39 is 11.7 Å². The number of amides is 1. The zero-order chi connectivity index (χ0) is 15.2. The van der Waals surface area contributed by atoms with E-state index in [1.807, 2.05) is 24.3 Å². The Morgan fingerprint density at radius 3 is 2.43 bits per heavy atom. The van der Waals surface area contributed by atoms with E-state index in [0.29, 0.717) is 13.1 Å². The lowest BCUT2D eigenvalue weighted by Gasteiger charge is -2.07. The molecule has 4 N–H and O–H groups in total. The second kappa shape index (κ2) is 6.85. The second-order valence-corrected chi connectivity index (χ2v) is 4.70. The molecular formula is C16H17FN2O2. The monoisotopic (exact) mass is 288 g/mol. The minimum Gasteiger partial charge on any atom is -0.508 e. The van der Waals surface area contributed by atoms with E-state index in [4.69, 9.17) is 10.8 Å². The van der Waals surface area contributed by atoms with Gasteiger partial charge in [-0.25, -0.2) is 4.39 Å². The topological polar surface area (TPSA) is 75.3 Å². The van der Waals surface area contributed by atoms with Gasteiger partial charge in [-0.2, -0.15) is 0 Å². The summed E-state index contributed by atoms with van der Waals surface area (Å²) in [5, 5.41) is 11.8. The van der Waals surface area contributed by atoms with Crippen LogP contribution in [0.1, 0.15) is 21.5 Å². The van der Waals surface area contributed by atoms with E-state index in [1.54, 1.807) is 0 Å². The fourth-order valence-corrected chi connectivity index (χ4v) is 1.96. The van der Waals surface area contributed by atoms with Crippen molar-refractivity contribution in [2.75, 3.05) is 6.54 Å². The van der Waals surface area contributed by atoms with Crippen LogP contribution in [0.2, 0.25) is 0 Å². The van der Waals surface area contributed by atoms with Crippen molar-refractivity contribution >= 4 is 5.91 Å². The first-order chi connectivity index (χ1) is 10.1. The highest BCUT2D eigenvalue weighted by Gasteiger charge is 2.11. The maximum atomic E-state index is 13.5. The van der Waals surface area contributed by atoms with Gasteiger partial charge in [0.1, 0.15) is 11.6 Å². The number of benzene rings is 2. The summed E-state index contributed by atoms with van der Waals surface area (Å²) in [7, 11) is 0. The number of hydrogen-bond donors (Lipinski definition) is 3. The van der Waals surface area contributed by atoms with Crippen LogP contribution >= 0.6 is 0 Å². The minimum atomic E-state index is -0.745. The van der Waals surface area contributed by atoms with Gasteiger partial charge in [0.15, 0.2) is 0 Å². The first kappa shape index (κ1) is 15.0. The normalized spacial score (nSPS) is 10.4. The molecule has 110 valence electrons. The summed E-state index contributed by atoms with van der Waals surface area (Å²) in [5.74, 6) is -1.47. The van der Waals surface area contributed by atoms with Gasteiger partial charge in [-0.05, 0) is 36.2 Å². The Balaban J connectivity index is 1.97. The second-order valence-electron chi connectivity index (χ2n) is 4.70. The lowest BCUT2D eigenvalue weighted by Crippen LogP contribution is -2.23. The molecule has 0 aliphatic rings. The zero-order valence-electron chi connectivity index (χ0n) is 11.5. The van der Waals surface area contributed by atoms with E-state index in [2.05, 4.69) is 5.32 Å². The average molecular weight is 288 g/mol. The SMILES string of the molecule is NCCc1ccc(CNC(=O)c2ccc(O)cc2F)cc1. The number of rotatable bonds is 5. The summed E-state index contributed by atoms with van der Waals surface area (Å²) >= 11 is 0. The van der Waals surface area contributed by atoms with Gasteiger partial charge in [-0.3, -0.25) is 4.79 Å². The standard InChI is InChI=1S/C16H17FN2O2/c17-15-9-13(20)5-6-14(15)16(21)19-10-12-3-1-11(2-4-12)7-8-18/h1-6,9,20H,7-8,10,18H2,(H,19,21). The summed E-state index contributed by atoms with van der Waals surface area (Å²) in [6.07, 6.45) is 0.811. The van der Waals surface area contributed by atoms with Crippen molar-refractivity contribution in [3.63, 3.8) is 0 Å². The van der Waals surface area contributed by atoms with Gasteiger partial charge in [0, 0.05) is 12.6 Å². The molecule has 0 bridgehead atoms. The lowest BCUT2D eigenvalue weighted by atomic mass is 10.1. The van der Waals surface area contributed by atoms with Crippen LogP contribution in [0.4, 0.5) is 4.39 Å². The molecule has 0 atom stereocenters. The number of carbonyl (C=O) groups is 1. The van der Waals surface area contributed by atoms with Gasteiger partial charge in [0.2, 0.25) is 0 Å². The number of nitrogens with one attached hydrogen (secondary N) is 1. The number of nitrogens with two attached hydrogens (primary N) is 1. The van der Waals surface area contributed by atoms with Gasteiger partial charge >= 0.3 is 0 Å². The van der Waals surface area contributed by atoms with Crippen molar-refractivity contribution in [3.8, 4) is 5.75 Å². The quantitative estimate of drug-likeness (QED) is 0.787. The van der Waals surface area contributed by atoms with Gasteiger partial charge < -0.3 is 16.2 Å². The molecule has 5 heteroatoms. The molecule has 0 heterocycles. The van der Waals surface area contributed by atoms with Crippen molar-refractivity contribution in [1.82, 2.24) is 5.32 Å². The Bertz CT molecular complexity index is 627. The lowest BCUT2D eigenvalue weighted by molar-refractivity contribution is 0.0947. The maximum absolute atomic E-state index is 13.5. The van der Waals surface area contributed by atoms with Crippen molar-refractivity contribution < 1.29 is 14.3 Å². The Morgan fingerprint density at radius 2 is 1.81 bits per heavy atom. The van der Waals surface area contributed by atoms with E-state index in [9.17, 15) is 9.18 Å². The van der Waals surface area contributed by atoms with Gasteiger partial charge in [0.25, 0.3) is 5.91 Å². The van der Waals surface area contributed by atoms with Crippen molar-refractivity contribution in [2.24, 2.45) is 5.73 Å². The molecule has 2 aromatic rings. The van der Waals surface area contributed by atoms with Crippen LogP contribution in [0.3, 0.4) is 0 Å². The molecule has 0 aromatic heterocycles. The van der Waals surface area contributed by atoms with E-state index in [0.717, 1.165) is 23.6 Å². The number of phenols is 1. The molecule has 4 nitrogen and oxygen atoms in total. The van der Waals surface area contributed by atoms with Crippen LogP contribution in [0, 0.1) is 5.82 Å². The first-order valence-electron chi connectivity index (χ1n) is 6.65. The predicted octanol–water partition coefficient (Wildman–Crippen LogP) is 1.96. The highest BCUT2D eigenvalue weighted by atomic mass is 19.1. The van der Waals surface area contributed by atoms with Crippen LogP contribution in [0.25, 0.3) is 0 Å². The van der Waals surface area contributed by atoms with Gasteiger partial charge in [0.05, 0.1) is 5.56 Å². The van der Waals surface area contributed by atoms with Crippen molar-refractivity contribution in [3.05, 3.63) is 65.0 Å². The Morgan fingerprint density at radius 1 is 1.14 bits per heavy atom. The third-order valence-electron chi connectivity index (χ3n) is 3.11. The highest BCUT2D eigenvalue weighted by molar-refractivity contribution is 5.94. The summed E-state index contributed by atoms with van der Waals surface area (Å²) in [4.78, 5) is 11.9. The Hall–Kier alpha value is -2.40. The first-order valence-corrected chi connectivity index (χ1v) is 6.65. The van der Waals surface area contributed by atoms with E-state index in [-0.39, 0.29) is 11.3 Å². The smallest absolute Gasteiger partial charge is 0.254 e. The number of aromatic hydroxyl groups is 1. The van der Waals surface area contributed by atoms with Crippen LogP contribution in [-0.2, 0) is 13.0 Å². The molecule has 21 heavy (non-hydrogen) atoms. The molecule has 0 unspecified atom stereocenters. The molecule has 2 rings (SSSR count). The largest absolute Gasteiger partial charge is 0.508 e. The number of halogens is 1. The molecule has 0 radical (unpaired) electrons. The minimum absolute atomic E-state index is 0.0902. The van der Waals surface area contributed by atoms with Crippen LogP contribution in [0.15, 0.2) is 42.5 Å². The third-order valence-corrected chi connectivity index (χ3v) is 3.11. The van der Waals surface area contributed by atoms with Gasteiger partial charge in [-0.1, -0.05) is 24.3 Å². The predicted molar refractivity (Wildman–Crippen MR) is 78.4 cm³/mol. The molecule has 0 saturated heterocycles. The number of carbonyl (C=O) groups excluding carboxylic acids is 1. The van der Waals surface area contributed by atoms with Crippen molar-refractivity contribution in [2.45, 2.75) is 13.0 Å². The highest BCUT2D eigenvalue weighted by Crippen LogP contribution is 2.15. The molecule has 0 aliphatic carbocycles.